The molecule has 0 unspecified atom stereocenters. The first-order valence-electron chi connectivity index (χ1n) is 10.4. The Labute approximate surface area is 180 Å². The number of carbonyl (C=O) groups excluding carboxylic acids is 1. The van der Waals surface area contributed by atoms with Crippen LogP contribution in [0.2, 0.25) is 0 Å². The molecule has 6 heteroatoms. The van der Waals surface area contributed by atoms with Gasteiger partial charge >= 0.3 is 0 Å². The van der Waals surface area contributed by atoms with E-state index in [2.05, 4.69) is 71.2 Å². The Morgan fingerprint density at radius 2 is 1.97 bits per heavy atom. The normalized spacial score (nSPS) is 16.1. The summed E-state index contributed by atoms with van der Waals surface area (Å²) in [5.74, 6) is 0.0850. The van der Waals surface area contributed by atoms with Crippen LogP contribution in [0.3, 0.4) is 0 Å². The van der Waals surface area contributed by atoms with Crippen LogP contribution in [0.5, 0.6) is 0 Å². The van der Waals surface area contributed by atoms with Crippen LogP contribution in [0.1, 0.15) is 46.3 Å². The number of aromatic nitrogens is 3. The number of aryl methyl sites for hydroxylation is 1. The first-order valence-corrected chi connectivity index (χ1v) is 11.3. The number of pyridine rings is 1. The van der Waals surface area contributed by atoms with Gasteiger partial charge in [-0.3, -0.25) is 9.78 Å². The number of benzene rings is 1. The van der Waals surface area contributed by atoms with Crippen LogP contribution in [0.4, 0.5) is 0 Å². The maximum atomic E-state index is 12.8. The number of nitrogens with zero attached hydrogens (tertiary/aromatic N) is 4. The zero-order valence-electron chi connectivity index (χ0n) is 17.0. The number of rotatable bonds is 4. The molecule has 0 N–H and O–H groups in total. The molecule has 0 saturated carbocycles. The van der Waals surface area contributed by atoms with Crippen LogP contribution < -0.4 is 0 Å². The number of carbonyl (C=O) groups is 1. The molecule has 30 heavy (non-hydrogen) atoms. The molecule has 1 aliphatic rings. The highest BCUT2D eigenvalue weighted by atomic mass is 32.1. The summed E-state index contributed by atoms with van der Waals surface area (Å²) >= 11 is 1.41. The van der Waals surface area contributed by atoms with E-state index < -0.39 is 0 Å². The molecule has 1 saturated heterocycles. The van der Waals surface area contributed by atoms with E-state index in [-0.39, 0.29) is 11.3 Å². The average molecular weight is 417 g/mol. The van der Waals surface area contributed by atoms with Crippen molar-refractivity contribution in [2.45, 2.75) is 31.6 Å². The highest BCUT2D eigenvalue weighted by Gasteiger charge is 2.41. The fourth-order valence-electron chi connectivity index (χ4n) is 4.49. The predicted molar refractivity (Wildman–Crippen MR) is 119 cm³/mol. The van der Waals surface area contributed by atoms with Gasteiger partial charge in [-0.2, -0.15) is 0 Å². The number of hydrogen-bond donors (Lipinski definition) is 0. The Morgan fingerprint density at radius 3 is 2.67 bits per heavy atom. The molecule has 4 aromatic rings. The van der Waals surface area contributed by atoms with Crippen molar-refractivity contribution in [3.05, 3.63) is 88.3 Å². The summed E-state index contributed by atoms with van der Waals surface area (Å²) < 4.78 is 2.12. The second-order valence-corrected chi connectivity index (χ2v) is 8.77. The Bertz CT molecular complexity index is 1160. The summed E-state index contributed by atoms with van der Waals surface area (Å²) in [5, 5.41) is 0. The number of thiazole rings is 1. The number of fused-ring (bicyclic) bond motifs is 1. The van der Waals surface area contributed by atoms with Gasteiger partial charge in [0.05, 0.1) is 17.4 Å². The van der Waals surface area contributed by atoms with E-state index in [1.54, 1.807) is 11.7 Å². The molecule has 5 nitrogen and oxygen atoms in total. The van der Waals surface area contributed by atoms with Crippen LogP contribution in [-0.2, 0) is 11.8 Å². The highest BCUT2D eigenvalue weighted by molar-refractivity contribution is 7.11. The second-order valence-electron chi connectivity index (χ2n) is 7.89. The molecule has 1 aliphatic heterocycles. The minimum atomic E-state index is -0.190. The SMILES string of the molecule is CCc1ccn2cc(C3(c4ccccc4)CCN(C(=O)c4cncs4)CC3)nc2c1. The molecular formula is C24H24N4OS. The van der Waals surface area contributed by atoms with Gasteiger partial charge in [0.25, 0.3) is 5.91 Å². The van der Waals surface area contributed by atoms with Crippen molar-refractivity contribution in [1.29, 1.82) is 0 Å². The third-order valence-electron chi connectivity index (χ3n) is 6.30. The first kappa shape index (κ1) is 19.0. The van der Waals surface area contributed by atoms with E-state index in [4.69, 9.17) is 4.98 Å². The monoisotopic (exact) mass is 416 g/mol. The van der Waals surface area contributed by atoms with E-state index in [1.165, 1.54) is 22.5 Å². The predicted octanol–water partition coefficient (Wildman–Crippen LogP) is 4.58. The van der Waals surface area contributed by atoms with Gasteiger partial charge in [-0.15, -0.1) is 11.3 Å². The molecule has 0 aliphatic carbocycles. The van der Waals surface area contributed by atoms with Crippen molar-refractivity contribution >= 4 is 22.9 Å². The van der Waals surface area contributed by atoms with Gasteiger partial charge < -0.3 is 9.30 Å². The summed E-state index contributed by atoms with van der Waals surface area (Å²) in [6.07, 6.45) is 8.64. The highest BCUT2D eigenvalue weighted by Crippen LogP contribution is 2.41. The first-order chi connectivity index (χ1) is 14.7. The van der Waals surface area contributed by atoms with Crippen LogP contribution >= 0.6 is 11.3 Å². The maximum absolute atomic E-state index is 12.8. The molecule has 1 fully saturated rings. The lowest BCUT2D eigenvalue weighted by Gasteiger charge is -2.41. The molecule has 0 radical (unpaired) electrons. The summed E-state index contributed by atoms with van der Waals surface area (Å²) in [7, 11) is 0. The van der Waals surface area contributed by atoms with Crippen molar-refractivity contribution in [3.63, 3.8) is 0 Å². The lowest BCUT2D eigenvalue weighted by Crippen LogP contribution is -2.45. The summed E-state index contributed by atoms with van der Waals surface area (Å²) in [6.45, 7) is 3.58. The minimum absolute atomic E-state index is 0.0850. The third-order valence-corrected chi connectivity index (χ3v) is 7.06. The number of hydrogen-bond acceptors (Lipinski definition) is 4. The Kier molecular flexibility index (Phi) is 4.87. The van der Waals surface area contributed by atoms with Crippen LogP contribution in [0.25, 0.3) is 5.65 Å². The largest absolute Gasteiger partial charge is 0.338 e. The lowest BCUT2D eigenvalue weighted by atomic mass is 9.70. The van der Waals surface area contributed by atoms with E-state index in [1.807, 2.05) is 4.90 Å². The summed E-state index contributed by atoms with van der Waals surface area (Å²) in [4.78, 5) is 24.6. The molecule has 0 atom stereocenters. The molecule has 1 amide bonds. The Morgan fingerprint density at radius 1 is 1.17 bits per heavy atom. The molecular weight excluding hydrogens is 392 g/mol. The number of likely N-dealkylation sites (tertiary alicyclic amines) is 1. The molecule has 3 aromatic heterocycles. The van der Waals surface area contributed by atoms with Gasteiger partial charge in [-0.05, 0) is 42.5 Å². The van der Waals surface area contributed by atoms with Gasteiger partial charge in [-0.25, -0.2) is 4.98 Å². The quantitative estimate of drug-likeness (QED) is 0.489. The number of piperidine rings is 1. The Balaban J connectivity index is 1.51. The van der Waals surface area contributed by atoms with Crippen molar-refractivity contribution in [2.75, 3.05) is 13.1 Å². The minimum Gasteiger partial charge on any atom is -0.338 e. The standard InChI is InChI=1S/C24H24N4OS/c1-2-18-8-11-28-16-21(26-22(28)14-18)24(19-6-4-3-5-7-19)9-12-27(13-10-24)23(29)20-15-25-17-30-20/h3-8,11,14-17H,2,9-10,12-13H2,1H3. The van der Waals surface area contributed by atoms with Gasteiger partial charge in [0.15, 0.2) is 0 Å². The van der Waals surface area contributed by atoms with Crippen LogP contribution in [0, 0.1) is 0 Å². The lowest BCUT2D eigenvalue weighted by molar-refractivity contribution is 0.0689. The van der Waals surface area contributed by atoms with Crippen molar-refractivity contribution in [2.24, 2.45) is 0 Å². The number of amides is 1. The van der Waals surface area contributed by atoms with Gasteiger partial charge in [-0.1, -0.05) is 37.3 Å². The van der Waals surface area contributed by atoms with Crippen molar-refractivity contribution in [3.8, 4) is 0 Å². The summed E-state index contributed by atoms with van der Waals surface area (Å²) in [6, 6.07) is 15.0. The molecule has 0 bridgehead atoms. The van der Waals surface area contributed by atoms with Crippen LogP contribution in [0.15, 0.2) is 66.6 Å². The molecule has 5 rings (SSSR count). The third kappa shape index (κ3) is 3.21. The van der Waals surface area contributed by atoms with Crippen molar-refractivity contribution in [1.82, 2.24) is 19.3 Å². The topological polar surface area (TPSA) is 50.5 Å². The zero-order chi connectivity index (χ0) is 20.6. The maximum Gasteiger partial charge on any atom is 0.265 e. The van der Waals surface area contributed by atoms with Crippen molar-refractivity contribution < 1.29 is 4.79 Å². The smallest absolute Gasteiger partial charge is 0.265 e. The van der Waals surface area contributed by atoms with E-state index in [0.717, 1.165) is 30.6 Å². The zero-order valence-corrected chi connectivity index (χ0v) is 17.8. The van der Waals surface area contributed by atoms with E-state index in [0.29, 0.717) is 18.0 Å². The summed E-state index contributed by atoms with van der Waals surface area (Å²) in [5.41, 5.74) is 6.17. The fraction of sp³-hybridized carbons (Fsp3) is 0.292. The van der Waals surface area contributed by atoms with Gasteiger partial charge in [0.1, 0.15) is 10.5 Å². The van der Waals surface area contributed by atoms with Gasteiger partial charge in [0, 0.05) is 30.9 Å². The molecule has 4 heterocycles. The Hall–Kier alpha value is -2.99. The average Bonchev–Trinajstić information content (AvgIpc) is 3.49. The fourth-order valence-corrected chi connectivity index (χ4v) is 5.08. The molecule has 1 aromatic carbocycles. The van der Waals surface area contributed by atoms with Gasteiger partial charge in [0.2, 0.25) is 0 Å². The second kappa shape index (κ2) is 7.69. The molecule has 152 valence electrons. The van der Waals surface area contributed by atoms with E-state index in [9.17, 15) is 4.79 Å². The van der Waals surface area contributed by atoms with E-state index >= 15 is 0 Å². The number of imidazole rings is 1. The van der Waals surface area contributed by atoms with Crippen LogP contribution in [-0.4, -0.2) is 38.3 Å². The molecule has 0 spiro atoms.